The highest BCUT2D eigenvalue weighted by Gasteiger charge is 2.48. The highest BCUT2D eigenvalue weighted by molar-refractivity contribution is 5.00. The van der Waals surface area contributed by atoms with Crippen LogP contribution < -0.4 is 0 Å². The standard InChI is InChI=1S/C10H17NO2.C2H6/c12-7-10(1-2-10)6-11-4-9-3-8(11)5-13-9;1-2/h8-9,12H,1-7H2;1-2H3. The van der Waals surface area contributed by atoms with E-state index in [-0.39, 0.29) is 5.41 Å². The quantitative estimate of drug-likeness (QED) is 0.766. The van der Waals surface area contributed by atoms with Crippen molar-refractivity contribution in [2.75, 3.05) is 26.3 Å². The van der Waals surface area contributed by atoms with Crippen molar-refractivity contribution in [1.82, 2.24) is 4.90 Å². The largest absolute Gasteiger partial charge is 0.396 e. The summed E-state index contributed by atoms with van der Waals surface area (Å²) >= 11 is 0. The van der Waals surface area contributed by atoms with Gasteiger partial charge >= 0.3 is 0 Å². The van der Waals surface area contributed by atoms with E-state index >= 15 is 0 Å². The van der Waals surface area contributed by atoms with Crippen LogP contribution in [-0.2, 0) is 4.74 Å². The first-order chi connectivity index (χ1) is 7.31. The second kappa shape index (κ2) is 4.40. The predicted molar refractivity (Wildman–Crippen MR) is 59.8 cm³/mol. The first kappa shape index (κ1) is 11.4. The Hall–Kier alpha value is -0.120. The number of hydrogen-bond donors (Lipinski definition) is 1. The van der Waals surface area contributed by atoms with E-state index in [9.17, 15) is 5.11 Å². The zero-order valence-electron chi connectivity index (χ0n) is 9.91. The van der Waals surface area contributed by atoms with Crippen molar-refractivity contribution < 1.29 is 9.84 Å². The Kier molecular flexibility index (Phi) is 3.33. The second-order valence-electron chi connectivity index (χ2n) is 4.93. The zero-order valence-corrected chi connectivity index (χ0v) is 9.91. The highest BCUT2D eigenvalue weighted by Crippen LogP contribution is 2.47. The maximum absolute atomic E-state index is 9.23. The van der Waals surface area contributed by atoms with Crippen LogP contribution >= 0.6 is 0 Å². The molecule has 2 unspecified atom stereocenters. The molecule has 3 aliphatic rings. The third-order valence-electron chi connectivity index (χ3n) is 3.84. The summed E-state index contributed by atoms with van der Waals surface area (Å²) in [4.78, 5) is 2.53. The Bertz CT molecular complexity index is 216. The molecule has 1 saturated carbocycles. The lowest BCUT2D eigenvalue weighted by Crippen LogP contribution is -2.41. The summed E-state index contributed by atoms with van der Waals surface area (Å²) in [5.41, 5.74) is 0.282. The molecule has 2 aliphatic heterocycles. The van der Waals surface area contributed by atoms with Gasteiger partial charge in [-0.15, -0.1) is 0 Å². The Balaban J connectivity index is 0.000000404. The summed E-state index contributed by atoms with van der Waals surface area (Å²) in [6.45, 7) is 7.51. The molecule has 1 N–H and O–H groups in total. The zero-order chi connectivity index (χ0) is 10.9. The summed E-state index contributed by atoms with van der Waals surface area (Å²) in [6.07, 6.45) is 4.16. The molecular weight excluding hydrogens is 190 g/mol. The Labute approximate surface area is 92.4 Å². The maximum atomic E-state index is 9.23. The Morgan fingerprint density at radius 2 is 2.13 bits per heavy atom. The van der Waals surface area contributed by atoms with Crippen LogP contribution in [-0.4, -0.2) is 48.5 Å². The van der Waals surface area contributed by atoms with Gasteiger partial charge in [0.1, 0.15) is 0 Å². The van der Waals surface area contributed by atoms with Gasteiger partial charge in [0.2, 0.25) is 0 Å². The lowest BCUT2D eigenvalue weighted by Gasteiger charge is -2.29. The van der Waals surface area contributed by atoms with E-state index < -0.39 is 0 Å². The van der Waals surface area contributed by atoms with E-state index in [4.69, 9.17) is 4.74 Å². The number of hydrogen-bond acceptors (Lipinski definition) is 3. The van der Waals surface area contributed by atoms with E-state index in [0.717, 1.165) is 19.7 Å². The fourth-order valence-corrected chi connectivity index (χ4v) is 2.65. The van der Waals surface area contributed by atoms with E-state index in [2.05, 4.69) is 4.90 Å². The third kappa shape index (κ3) is 2.19. The molecule has 3 nitrogen and oxygen atoms in total. The van der Waals surface area contributed by atoms with Crippen molar-refractivity contribution in [3.8, 4) is 0 Å². The molecule has 0 radical (unpaired) electrons. The van der Waals surface area contributed by atoms with Crippen LogP contribution in [0.2, 0.25) is 0 Å². The summed E-state index contributed by atoms with van der Waals surface area (Å²) in [6, 6.07) is 0.661. The molecule has 88 valence electrons. The molecule has 3 fully saturated rings. The first-order valence-electron chi connectivity index (χ1n) is 6.28. The number of aliphatic hydroxyl groups is 1. The molecule has 0 aromatic rings. The van der Waals surface area contributed by atoms with Gasteiger partial charge in [0.15, 0.2) is 0 Å². The minimum Gasteiger partial charge on any atom is -0.396 e. The number of nitrogens with zero attached hydrogens (tertiary/aromatic N) is 1. The third-order valence-corrected chi connectivity index (χ3v) is 3.84. The van der Waals surface area contributed by atoms with Gasteiger partial charge in [0, 0.05) is 31.2 Å². The first-order valence-corrected chi connectivity index (χ1v) is 6.28. The van der Waals surface area contributed by atoms with E-state index in [1.165, 1.54) is 19.3 Å². The molecule has 2 bridgehead atoms. The minimum absolute atomic E-state index is 0.282. The molecule has 3 heteroatoms. The number of ether oxygens (including phenoxy) is 1. The molecule has 2 heterocycles. The van der Waals surface area contributed by atoms with Gasteiger partial charge in [0.25, 0.3) is 0 Å². The van der Waals surface area contributed by atoms with Crippen molar-refractivity contribution in [3.63, 3.8) is 0 Å². The fraction of sp³-hybridized carbons (Fsp3) is 1.00. The number of fused-ring (bicyclic) bond motifs is 2. The van der Waals surface area contributed by atoms with Gasteiger partial charge in [-0.05, 0) is 19.3 Å². The number of aliphatic hydroxyl groups excluding tert-OH is 1. The summed E-state index contributed by atoms with van der Waals surface area (Å²) < 4.78 is 5.55. The van der Waals surface area contributed by atoms with Gasteiger partial charge in [-0.1, -0.05) is 13.8 Å². The smallest absolute Gasteiger partial charge is 0.0718 e. The van der Waals surface area contributed by atoms with Crippen LogP contribution in [0.1, 0.15) is 33.1 Å². The van der Waals surface area contributed by atoms with Gasteiger partial charge in [-0.3, -0.25) is 4.90 Å². The van der Waals surface area contributed by atoms with Crippen LogP contribution in [0.4, 0.5) is 0 Å². The van der Waals surface area contributed by atoms with Crippen LogP contribution in [0.5, 0.6) is 0 Å². The van der Waals surface area contributed by atoms with Crippen LogP contribution in [0.15, 0.2) is 0 Å². The van der Waals surface area contributed by atoms with Gasteiger partial charge < -0.3 is 9.84 Å². The van der Waals surface area contributed by atoms with Gasteiger partial charge in [0.05, 0.1) is 12.7 Å². The van der Waals surface area contributed by atoms with Crippen LogP contribution in [0, 0.1) is 5.41 Å². The van der Waals surface area contributed by atoms with Gasteiger partial charge in [-0.2, -0.15) is 0 Å². The number of morpholine rings is 1. The monoisotopic (exact) mass is 213 g/mol. The van der Waals surface area contributed by atoms with Gasteiger partial charge in [-0.25, -0.2) is 0 Å². The average Bonchev–Trinajstić information content (AvgIpc) is 2.75. The molecule has 0 aromatic heterocycles. The average molecular weight is 213 g/mol. The molecule has 0 aromatic carbocycles. The molecule has 2 saturated heterocycles. The SMILES string of the molecule is CC.OCC1(CN2CC3CC2CO3)CC1. The molecule has 15 heavy (non-hydrogen) atoms. The van der Waals surface area contributed by atoms with Crippen molar-refractivity contribution >= 4 is 0 Å². The molecule has 3 rings (SSSR count). The molecule has 0 spiro atoms. The van der Waals surface area contributed by atoms with Crippen molar-refractivity contribution in [1.29, 1.82) is 0 Å². The Morgan fingerprint density at radius 3 is 2.53 bits per heavy atom. The lowest BCUT2D eigenvalue weighted by atomic mass is 10.1. The normalized spacial score (nSPS) is 36.2. The van der Waals surface area contributed by atoms with Crippen molar-refractivity contribution in [3.05, 3.63) is 0 Å². The number of likely N-dealkylation sites (tertiary alicyclic amines) is 1. The van der Waals surface area contributed by atoms with E-state index in [1.54, 1.807) is 0 Å². The summed E-state index contributed by atoms with van der Waals surface area (Å²) in [7, 11) is 0. The fourth-order valence-electron chi connectivity index (χ4n) is 2.65. The predicted octanol–water partition coefficient (Wildman–Crippen LogP) is 1.26. The summed E-state index contributed by atoms with van der Waals surface area (Å²) in [5.74, 6) is 0. The molecule has 2 atom stereocenters. The lowest BCUT2D eigenvalue weighted by molar-refractivity contribution is 0.0168. The highest BCUT2D eigenvalue weighted by atomic mass is 16.5. The second-order valence-corrected chi connectivity index (χ2v) is 4.93. The van der Waals surface area contributed by atoms with E-state index in [0.29, 0.717) is 18.8 Å². The Morgan fingerprint density at radius 1 is 1.40 bits per heavy atom. The van der Waals surface area contributed by atoms with Crippen LogP contribution in [0.3, 0.4) is 0 Å². The maximum Gasteiger partial charge on any atom is 0.0718 e. The topological polar surface area (TPSA) is 32.7 Å². The number of rotatable bonds is 3. The van der Waals surface area contributed by atoms with E-state index in [1.807, 2.05) is 13.8 Å². The minimum atomic E-state index is 0.282. The molecule has 1 aliphatic carbocycles. The van der Waals surface area contributed by atoms with Crippen molar-refractivity contribution in [2.24, 2.45) is 5.41 Å². The molecular formula is C12H23NO2. The van der Waals surface area contributed by atoms with Crippen LogP contribution in [0.25, 0.3) is 0 Å². The molecule has 0 amide bonds. The summed E-state index contributed by atoms with van der Waals surface area (Å²) in [5, 5.41) is 9.23. The van der Waals surface area contributed by atoms with Crippen molar-refractivity contribution in [2.45, 2.75) is 45.3 Å².